The molecule has 1 aliphatic carbocycles. The molecule has 0 bridgehead atoms. The molecular weight excluding hydrogens is 413 g/mol. The monoisotopic (exact) mass is 437 g/mol. The predicted molar refractivity (Wildman–Crippen MR) is 110 cm³/mol. The first kappa shape index (κ1) is 22.5. The molecule has 2 fully saturated rings. The van der Waals surface area contributed by atoms with Crippen LogP contribution in [0.2, 0.25) is 0 Å². The van der Waals surface area contributed by atoms with Gasteiger partial charge in [-0.15, -0.1) is 0 Å². The first-order valence-corrected chi connectivity index (χ1v) is 9.69. The zero-order chi connectivity index (χ0) is 21.6. The van der Waals surface area contributed by atoms with Crippen LogP contribution in [0.1, 0.15) is 29.2 Å². The van der Waals surface area contributed by atoms with Gasteiger partial charge in [-0.3, -0.25) is 14.5 Å². The number of anilines is 1. The van der Waals surface area contributed by atoms with Crippen LogP contribution in [0.4, 0.5) is 10.1 Å². The topological polar surface area (TPSA) is 144 Å². The van der Waals surface area contributed by atoms with E-state index < -0.39 is 28.7 Å². The van der Waals surface area contributed by atoms with Crippen LogP contribution in [0.15, 0.2) is 17.1 Å². The number of halogens is 1. The van der Waals surface area contributed by atoms with Crippen molar-refractivity contribution in [2.75, 3.05) is 44.7 Å². The Kier molecular flexibility index (Phi) is 6.18. The highest BCUT2D eigenvalue weighted by Gasteiger charge is 2.32. The summed E-state index contributed by atoms with van der Waals surface area (Å²) in [6.45, 7) is 1.60. The van der Waals surface area contributed by atoms with Crippen LogP contribution in [0, 0.1) is 5.82 Å². The van der Waals surface area contributed by atoms with Gasteiger partial charge in [-0.2, -0.15) is 0 Å². The summed E-state index contributed by atoms with van der Waals surface area (Å²) < 4.78 is 22.5. The zero-order valence-electron chi connectivity index (χ0n) is 16.9. The van der Waals surface area contributed by atoms with E-state index in [2.05, 4.69) is 0 Å². The van der Waals surface area contributed by atoms with Gasteiger partial charge in [0.1, 0.15) is 11.3 Å². The van der Waals surface area contributed by atoms with E-state index in [1.807, 2.05) is 0 Å². The maximum Gasteiger partial charge on any atom is 0.341 e. The fourth-order valence-electron chi connectivity index (χ4n) is 4.05. The molecule has 168 valence electrons. The lowest BCUT2D eigenvalue weighted by molar-refractivity contribution is -0.138. The van der Waals surface area contributed by atoms with Crippen molar-refractivity contribution in [3.8, 4) is 5.75 Å². The number of nitrogens with zero attached hydrogens (tertiary/aromatic N) is 3. The van der Waals surface area contributed by atoms with Gasteiger partial charge in [-0.25, -0.2) is 9.18 Å². The van der Waals surface area contributed by atoms with Gasteiger partial charge in [-0.1, -0.05) is 0 Å². The molecule has 0 spiro atoms. The molecule has 0 amide bonds. The van der Waals surface area contributed by atoms with E-state index in [9.17, 15) is 19.5 Å². The number of rotatable bonds is 6. The van der Waals surface area contributed by atoms with Crippen molar-refractivity contribution in [2.45, 2.75) is 18.9 Å². The van der Waals surface area contributed by atoms with Gasteiger partial charge in [0.2, 0.25) is 5.43 Å². The molecule has 2 aromatic rings. The number of fused-ring (bicyclic) bond motifs is 1. The number of hydrogen-bond acceptors (Lipinski definition) is 6. The molecule has 10 nitrogen and oxygen atoms in total. The minimum atomic E-state index is -1.35. The number of ether oxygens (including phenoxy) is 1. The standard InChI is InChI=1S/C20H22FN3O6.H2O/c1-30-19-16-12(18(27)13(20(28)29)9-24(16)11-2-3-11)8-14(21)17(19)23-6-4-22(5-7-23)10-15(25)26;/h8-9,11H,2-7,10H2,1H3,(H,25,26)(H,28,29);1H2. The lowest BCUT2D eigenvalue weighted by atomic mass is 10.1. The largest absolute Gasteiger partial charge is 0.492 e. The Morgan fingerprint density at radius 1 is 1.19 bits per heavy atom. The molecule has 4 N–H and O–H groups in total. The summed E-state index contributed by atoms with van der Waals surface area (Å²) >= 11 is 0. The summed E-state index contributed by atoms with van der Waals surface area (Å²) in [6.07, 6.45) is 2.99. The van der Waals surface area contributed by atoms with Crippen LogP contribution in [0.5, 0.6) is 5.75 Å². The number of aromatic nitrogens is 1. The average Bonchev–Trinajstić information content (AvgIpc) is 3.53. The number of carboxylic acids is 2. The molecule has 1 aromatic heterocycles. The lowest BCUT2D eigenvalue weighted by Crippen LogP contribution is -2.48. The Morgan fingerprint density at radius 3 is 2.35 bits per heavy atom. The van der Waals surface area contributed by atoms with Crippen LogP contribution < -0.4 is 15.1 Å². The maximum absolute atomic E-state index is 15.2. The molecule has 31 heavy (non-hydrogen) atoms. The van der Waals surface area contributed by atoms with Gasteiger partial charge in [0.05, 0.1) is 24.6 Å². The fraction of sp³-hybridized carbons (Fsp3) is 0.450. The molecule has 0 radical (unpaired) electrons. The van der Waals surface area contributed by atoms with Crippen LogP contribution in [-0.4, -0.2) is 76.9 Å². The van der Waals surface area contributed by atoms with Crippen molar-refractivity contribution < 1.29 is 34.4 Å². The Morgan fingerprint density at radius 2 is 1.84 bits per heavy atom. The van der Waals surface area contributed by atoms with Crippen molar-refractivity contribution in [3.05, 3.63) is 33.9 Å². The van der Waals surface area contributed by atoms with Gasteiger partial charge in [0.15, 0.2) is 11.6 Å². The number of benzene rings is 1. The molecule has 1 aromatic carbocycles. The second kappa shape index (κ2) is 8.52. The van der Waals surface area contributed by atoms with E-state index in [0.29, 0.717) is 31.7 Å². The Labute approximate surface area is 176 Å². The average molecular weight is 437 g/mol. The van der Waals surface area contributed by atoms with Crippen molar-refractivity contribution in [2.24, 2.45) is 0 Å². The maximum atomic E-state index is 15.2. The van der Waals surface area contributed by atoms with E-state index in [1.165, 1.54) is 13.3 Å². The molecule has 2 heterocycles. The molecule has 0 unspecified atom stereocenters. The molecule has 0 atom stereocenters. The molecule has 11 heteroatoms. The van der Waals surface area contributed by atoms with E-state index in [1.54, 1.807) is 14.4 Å². The second-order valence-corrected chi connectivity index (χ2v) is 7.61. The highest BCUT2D eigenvalue weighted by molar-refractivity contribution is 5.97. The normalized spacial score (nSPS) is 16.8. The van der Waals surface area contributed by atoms with E-state index in [-0.39, 0.29) is 34.9 Å². The highest BCUT2D eigenvalue weighted by atomic mass is 19.1. The van der Waals surface area contributed by atoms with Gasteiger partial charge in [0.25, 0.3) is 0 Å². The first-order chi connectivity index (χ1) is 14.3. The summed E-state index contributed by atoms with van der Waals surface area (Å²) in [7, 11) is 1.39. The SMILES string of the molecule is COc1c(N2CCN(CC(=O)O)CC2)c(F)cc2c(=O)c(C(=O)O)cn(C3CC3)c12.O. The minimum absolute atomic E-state index is 0. The smallest absolute Gasteiger partial charge is 0.341 e. The van der Waals surface area contributed by atoms with Crippen molar-refractivity contribution in [3.63, 3.8) is 0 Å². The summed E-state index contributed by atoms with van der Waals surface area (Å²) in [5.41, 5.74) is -0.550. The number of piperazine rings is 1. The number of aromatic carboxylic acids is 1. The Hall–Kier alpha value is -3.18. The summed E-state index contributed by atoms with van der Waals surface area (Å²) in [5, 5.41) is 18.3. The molecular formula is C20H24FN3O7. The van der Waals surface area contributed by atoms with Crippen molar-refractivity contribution >= 4 is 28.5 Å². The number of hydrogen-bond donors (Lipinski definition) is 2. The van der Waals surface area contributed by atoms with Gasteiger partial charge >= 0.3 is 11.9 Å². The van der Waals surface area contributed by atoms with E-state index in [0.717, 1.165) is 18.9 Å². The summed E-state index contributed by atoms with van der Waals surface area (Å²) in [6, 6.07) is 1.12. The quantitative estimate of drug-likeness (QED) is 0.667. The van der Waals surface area contributed by atoms with Crippen molar-refractivity contribution in [1.29, 1.82) is 0 Å². The third kappa shape index (κ3) is 4.06. The third-order valence-corrected chi connectivity index (χ3v) is 5.62. The Bertz CT molecular complexity index is 1090. The van der Waals surface area contributed by atoms with Crippen LogP contribution >= 0.6 is 0 Å². The fourth-order valence-corrected chi connectivity index (χ4v) is 4.05. The summed E-state index contributed by atoms with van der Waals surface area (Å²) in [5.74, 6) is -2.75. The van der Waals surface area contributed by atoms with Crippen LogP contribution in [0.3, 0.4) is 0 Å². The summed E-state index contributed by atoms with van der Waals surface area (Å²) in [4.78, 5) is 38.7. The Balaban J connectivity index is 0.00000272. The molecule has 1 saturated heterocycles. The molecule has 1 aliphatic heterocycles. The van der Waals surface area contributed by atoms with Gasteiger partial charge < -0.3 is 29.9 Å². The number of aliphatic carboxylic acids is 1. The lowest BCUT2D eigenvalue weighted by Gasteiger charge is -2.36. The highest BCUT2D eigenvalue weighted by Crippen LogP contribution is 2.43. The van der Waals surface area contributed by atoms with E-state index in [4.69, 9.17) is 9.84 Å². The number of methoxy groups -OCH3 is 1. The van der Waals surface area contributed by atoms with Crippen molar-refractivity contribution in [1.82, 2.24) is 9.47 Å². The molecule has 2 aliphatic rings. The number of carbonyl (C=O) groups is 2. The second-order valence-electron chi connectivity index (χ2n) is 7.61. The van der Waals surface area contributed by atoms with Gasteiger partial charge in [0, 0.05) is 38.4 Å². The third-order valence-electron chi connectivity index (χ3n) is 5.62. The van der Waals surface area contributed by atoms with Crippen LogP contribution in [0.25, 0.3) is 10.9 Å². The number of pyridine rings is 1. The number of carboxylic acid groups (broad SMARTS) is 2. The predicted octanol–water partition coefficient (Wildman–Crippen LogP) is 0.564. The van der Waals surface area contributed by atoms with Gasteiger partial charge in [-0.05, 0) is 18.9 Å². The van der Waals surface area contributed by atoms with E-state index >= 15 is 4.39 Å². The molecule has 4 rings (SSSR count). The molecule has 1 saturated carbocycles. The van der Waals surface area contributed by atoms with Crippen LogP contribution in [-0.2, 0) is 4.79 Å². The minimum Gasteiger partial charge on any atom is -0.492 e. The first-order valence-electron chi connectivity index (χ1n) is 9.69. The zero-order valence-corrected chi connectivity index (χ0v) is 16.9.